The van der Waals surface area contributed by atoms with E-state index in [-0.39, 0.29) is 0 Å². The molecule has 1 saturated heterocycles. The summed E-state index contributed by atoms with van der Waals surface area (Å²) in [4.78, 5) is 12.6. The number of nitrogens with zero attached hydrogens (tertiary/aromatic N) is 3. The maximum absolute atomic E-state index is 5.58. The number of benzene rings is 2. The van der Waals surface area contributed by atoms with Crippen LogP contribution < -0.4 is 10.1 Å². The van der Waals surface area contributed by atoms with E-state index < -0.39 is 0 Å². The SMILES string of the molecule is COc1ccc2c(Nc3ccc(/C(C)=N/OCCN4CCCC4)cc3)c3ccoc3nc2c1. The molecule has 0 aliphatic carbocycles. The zero-order chi connectivity index (χ0) is 22.6. The second-order valence-electron chi connectivity index (χ2n) is 8.27. The second kappa shape index (κ2) is 9.50. The second-order valence-corrected chi connectivity index (χ2v) is 8.27. The van der Waals surface area contributed by atoms with E-state index in [1.54, 1.807) is 13.4 Å². The van der Waals surface area contributed by atoms with Crippen molar-refractivity contribution in [1.82, 2.24) is 9.88 Å². The van der Waals surface area contributed by atoms with Gasteiger partial charge in [-0.2, -0.15) is 0 Å². The number of anilines is 2. The molecule has 4 aromatic rings. The average Bonchev–Trinajstić information content (AvgIpc) is 3.53. The van der Waals surface area contributed by atoms with Crippen LogP contribution in [0.5, 0.6) is 5.75 Å². The molecular formula is C26H28N4O3. The predicted molar refractivity (Wildman–Crippen MR) is 132 cm³/mol. The van der Waals surface area contributed by atoms with E-state index in [0.29, 0.717) is 12.3 Å². The summed E-state index contributed by atoms with van der Waals surface area (Å²) in [6, 6.07) is 16.0. The van der Waals surface area contributed by atoms with Gasteiger partial charge in [-0.1, -0.05) is 17.3 Å². The van der Waals surface area contributed by atoms with Crippen molar-refractivity contribution in [3.63, 3.8) is 0 Å². The summed E-state index contributed by atoms with van der Waals surface area (Å²) >= 11 is 0. The third-order valence-corrected chi connectivity index (χ3v) is 6.08. The molecule has 0 atom stereocenters. The Hall–Kier alpha value is -3.58. The van der Waals surface area contributed by atoms with E-state index in [1.165, 1.54) is 25.9 Å². The maximum Gasteiger partial charge on any atom is 0.228 e. The van der Waals surface area contributed by atoms with Crippen LogP contribution in [0.3, 0.4) is 0 Å². The molecular weight excluding hydrogens is 416 g/mol. The highest BCUT2D eigenvalue weighted by Crippen LogP contribution is 2.35. The lowest BCUT2D eigenvalue weighted by molar-refractivity contribution is 0.119. The van der Waals surface area contributed by atoms with Crippen LogP contribution in [-0.2, 0) is 4.84 Å². The predicted octanol–water partition coefficient (Wildman–Crippen LogP) is 5.57. The van der Waals surface area contributed by atoms with E-state index in [0.717, 1.165) is 51.2 Å². The minimum atomic E-state index is 0.587. The number of hydrogen-bond acceptors (Lipinski definition) is 7. The number of hydrogen-bond donors (Lipinski definition) is 1. The first-order chi connectivity index (χ1) is 16.2. The van der Waals surface area contributed by atoms with Crippen LogP contribution in [0.4, 0.5) is 11.4 Å². The fourth-order valence-corrected chi connectivity index (χ4v) is 4.22. The van der Waals surface area contributed by atoms with Crippen molar-refractivity contribution < 1.29 is 14.0 Å². The number of furan rings is 1. The van der Waals surface area contributed by atoms with Gasteiger partial charge in [-0.05, 0) is 68.8 Å². The van der Waals surface area contributed by atoms with Gasteiger partial charge >= 0.3 is 0 Å². The Morgan fingerprint density at radius 3 is 2.70 bits per heavy atom. The third kappa shape index (κ3) is 4.64. The van der Waals surface area contributed by atoms with Crippen LogP contribution in [0.15, 0.2) is 64.4 Å². The van der Waals surface area contributed by atoms with Gasteiger partial charge in [-0.15, -0.1) is 0 Å². The van der Waals surface area contributed by atoms with Crippen molar-refractivity contribution in [3.8, 4) is 5.75 Å². The highest BCUT2D eigenvalue weighted by Gasteiger charge is 2.13. The number of pyridine rings is 1. The van der Waals surface area contributed by atoms with Gasteiger partial charge in [-0.25, -0.2) is 4.98 Å². The summed E-state index contributed by atoms with van der Waals surface area (Å²) in [5.74, 6) is 0.758. The highest BCUT2D eigenvalue weighted by molar-refractivity contribution is 6.07. The van der Waals surface area contributed by atoms with Crippen LogP contribution in [-0.4, -0.2) is 48.9 Å². The lowest BCUT2D eigenvalue weighted by Crippen LogP contribution is -2.23. The number of ether oxygens (including phenoxy) is 1. The molecule has 7 nitrogen and oxygen atoms in total. The Labute approximate surface area is 193 Å². The lowest BCUT2D eigenvalue weighted by atomic mass is 10.1. The minimum Gasteiger partial charge on any atom is -0.497 e. The van der Waals surface area contributed by atoms with Crippen LogP contribution >= 0.6 is 0 Å². The van der Waals surface area contributed by atoms with E-state index in [4.69, 9.17) is 14.0 Å². The van der Waals surface area contributed by atoms with Crippen LogP contribution in [0.1, 0.15) is 25.3 Å². The Bertz CT molecular complexity index is 1270. The largest absolute Gasteiger partial charge is 0.497 e. The molecule has 170 valence electrons. The molecule has 0 saturated carbocycles. The molecule has 0 radical (unpaired) electrons. The quantitative estimate of drug-likeness (QED) is 0.218. The highest BCUT2D eigenvalue weighted by atomic mass is 16.6. The number of methoxy groups -OCH3 is 1. The molecule has 7 heteroatoms. The number of nitrogens with one attached hydrogen (secondary N) is 1. The molecule has 33 heavy (non-hydrogen) atoms. The molecule has 1 N–H and O–H groups in total. The zero-order valence-corrected chi connectivity index (χ0v) is 19.0. The Balaban J connectivity index is 1.32. The lowest BCUT2D eigenvalue weighted by Gasteiger charge is -2.13. The fraction of sp³-hybridized carbons (Fsp3) is 0.308. The molecule has 2 aromatic heterocycles. The molecule has 0 spiro atoms. The summed E-state index contributed by atoms with van der Waals surface area (Å²) in [5.41, 5.74) is 5.21. The van der Waals surface area contributed by atoms with Crippen molar-refractivity contribution in [2.45, 2.75) is 19.8 Å². The van der Waals surface area contributed by atoms with Crippen molar-refractivity contribution in [1.29, 1.82) is 0 Å². The van der Waals surface area contributed by atoms with E-state index in [2.05, 4.69) is 20.4 Å². The molecule has 0 bridgehead atoms. The number of oxime groups is 1. The summed E-state index contributed by atoms with van der Waals surface area (Å²) in [6.45, 7) is 5.88. The Kier molecular flexibility index (Phi) is 6.13. The average molecular weight is 445 g/mol. The topological polar surface area (TPSA) is 72.1 Å². The van der Waals surface area contributed by atoms with Gasteiger partial charge in [0.15, 0.2) is 0 Å². The first kappa shape index (κ1) is 21.3. The standard InChI is InChI=1S/C26H28N4O3/c1-18(29-33-16-14-30-12-3-4-13-30)19-5-7-20(8-6-19)27-25-22-10-9-21(31-2)17-24(22)28-26-23(25)11-15-32-26/h5-11,15,17H,3-4,12-14,16H2,1-2H3,(H,27,28)/b29-18+. The maximum atomic E-state index is 5.58. The first-order valence-corrected chi connectivity index (χ1v) is 11.3. The van der Waals surface area contributed by atoms with E-state index in [9.17, 15) is 0 Å². The van der Waals surface area contributed by atoms with Gasteiger partial charge in [0.2, 0.25) is 5.71 Å². The minimum absolute atomic E-state index is 0.587. The van der Waals surface area contributed by atoms with Gasteiger partial charge in [0.05, 0.1) is 35.7 Å². The molecule has 0 unspecified atom stereocenters. The number of rotatable bonds is 8. The van der Waals surface area contributed by atoms with Crippen molar-refractivity contribution in [3.05, 3.63) is 60.4 Å². The van der Waals surface area contributed by atoms with Gasteiger partial charge in [-0.3, -0.25) is 4.90 Å². The van der Waals surface area contributed by atoms with Gasteiger partial charge in [0.25, 0.3) is 0 Å². The van der Waals surface area contributed by atoms with Crippen molar-refractivity contribution in [2.24, 2.45) is 5.16 Å². The van der Waals surface area contributed by atoms with Crippen LogP contribution in [0, 0.1) is 0 Å². The number of fused-ring (bicyclic) bond motifs is 2. The summed E-state index contributed by atoms with van der Waals surface area (Å²) in [6.07, 6.45) is 4.24. The molecule has 5 rings (SSSR count). The van der Waals surface area contributed by atoms with Gasteiger partial charge < -0.3 is 19.3 Å². The number of aromatic nitrogens is 1. The molecule has 1 aliphatic heterocycles. The molecule has 0 amide bonds. The van der Waals surface area contributed by atoms with Crippen LogP contribution in [0.2, 0.25) is 0 Å². The molecule has 3 heterocycles. The smallest absolute Gasteiger partial charge is 0.228 e. The Morgan fingerprint density at radius 2 is 1.91 bits per heavy atom. The Morgan fingerprint density at radius 1 is 1.09 bits per heavy atom. The van der Waals surface area contributed by atoms with Gasteiger partial charge in [0.1, 0.15) is 12.4 Å². The van der Waals surface area contributed by atoms with Crippen molar-refractivity contribution in [2.75, 3.05) is 38.7 Å². The molecule has 2 aromatic carbocycles. The fourth-order valence-electron chi connectivity index (χ4n) is 4.22. The molecule has 1 aliphatic rings. The zero-order valence-electron chi connectivity index (χ0n) is 19.0. The third-order valence-electron chi connectivity index (χ3n) is 6.08. The van der Waals surface area contributed by atoms with E-state index >= 15 is 0 Å². The van der Waals surface area contributed by atoms with Crippen LogP contribution in [0.25, 0.3) is 22.0 Å². The number of likely N-dealkylation sites (tertiary alicyclic amines) is 1. The first-order valence-electron chi connectivity index (χ1n) is 11.3. The van der Waals surface area contributed by atoms with Crippen molar-refractivity contribution >= 4 is 39.1 Å². The summed E-state index contributed by atoms with van der Waals surface area (Å²) in [5, 5.41) is 9.77. The summed E-state index contributed by atoms with van der Waals surface area (Å²) in [7, 11) is 1.65. The normalized spacial score (nSPS) is 14.8. The summed E-state index contributed by atoms with van der Waals surface area (Å²) < 4.78 is 10.9. The molecule has 1 fully saturated rings. The van der Waals surface area contributed by atoms with Gasteiger partial charge in [0, 0.05) is 23.7 Å². The van der Waals surface area contributed by atoms with E-state index in [1.807, 2.05) is 55.5 Å². The monoisotopic (exact) mass is 444 g/mol.